The number of hydrogen-bond donors (Lipinski definition) is 4. The number of rotatable bonds is 37. The van der Waals surface area contributed by atoms with Crippen molar-refractivity contribution >= 4 is 5.91 Å². The fourth-order valence-corrected chi connectivity index (χ4v) is 6.30. The summed E-state index contributed by atoms with van der Waals surface area (Å²) >= 11 is 0. The van der Waals surface area contributed by atoms with Gasteiger partial charge in [0.1, 0.15) is 0 Å². The minimum Gasteiger partial charge on any atom is -0.394 e. The van der Waals surface area contributed by atoms with E-state index in [-0.39, 0.29) is 18.9 Å². The van der Waals surface area contributed by atoms with Gasteiger partial charge in [-0.05, 0) is 32.1 Å². The van der Waals surface area contributed by atoms with E-state index in [1.54, 1.807) is 6.08 Å². The smallest absolute Gasteiger partial charge is 0.222 e. The van der Waals surface area contributed by atoms with Crippen LogP contribution in [0, 0.1) is 0 Å². The van der Waals surface area contributed by atoms with Crippen molar-refractivity contribution in [3.05, 3.63) is 24.3 Å². The first-order chi connectivity index (χ1) is 23.0. The molecular weight excluding hydrogens is 582 g/mol. The lowest BCUT2D eigenvalue weighted by molar-refractivity contribution is -0.124. The summed E-state index contributed by atoms with van der Waals surface area (Å²) in [7, 11) is 0. The quantitative estimate of drug-likeness (QED) is 0.0393. The van der Waals surface area contributed by atoms with Gasteiger partial charge in [-0.25, -0.2) is 0 Å². The predicted octanol–water partition coefficient (Wildman–Crippen LogP) is 11.4. The zero-order valence-corrected chi connectivity index (χ0v) is 31.4. The van der Waals surface area contributed by atoms with Gasteiger partial charge in [-0.3, -0.25) is 4.79 Å². The minimum absolute atomic E-state index is 0.00849. The molecular formula is C42H81NO4. The molecule has 0 saturated carbocycles. The summed E-state index contributed by atoms with van der Waals surface area (Å²) < 4.78 is 0. The van der Waals surface area contributed by atoms with Crippen molar-refractivity contribution in [2.24, 2.45) is 0 Å². The van der Waals surface area contributed by atoms with Gasteiger partial charge < -0.3 is 20.6 Å². The van der Waals surface area contributed by atoms with Gasteiger partial charge in [-0.2, -0.15) is 0 Å². The number of aliphatic hydroxyl groups excluding tert-OH is 3. The van der Waals surface area contributed by atoms with Crippen molar-refractivity contribution in [2.75, 3.05) is 6.61 Å². The number of hydrogen-bond acceptors (Lipinski definition) is 4. The van der Waals surface area contributed by atoms with Crippen LogP contribution >= 0.6 is 0 Å². The van der Waals surface area contributed by atoms with Crippen LogP contribution in [0.4, 0.5) is 0 Å². The van der Waals surface area contributed by atoms with E-state index in [9.17, 15) is 20.1 Å². The monoisotopic (exact) mass is 664 g/mol. The Morgan fingerprint density at radius 2 is 0.915 bits per heavy atom. The molecule has 0 fully saturated rings. The molecule has 3 unspecified atom stereocenters. The van der Waals surface area contributed by atoms with Gasteiger partial charge in [0, 0.05) is 0 Å². The topological polar surface area (TPSA) is 89.8 Å². The highest BCUT2D eigenvalue weighted by Gasteiger charge is 2.20. The molecule has 0 aromatic carbocycles. The molecule has 0 aliphatic heterocycles. The van der Waals surface area contributed by atoms with Crippen LogP contribution in [0.1, 0.15) is 213 Å². The van der Waals surface area contributed by atoms with Crippen LogP contribution < -0.4 is 5.32 Å². The normalized spacial score (nSPS) is 13.9. The van der Waals surface area contributed by atoms with Crippen molar-refractivity contribution in [3.8, 4) is 0 Å². The van der Waals surface area contributed by atoms with Crippen molar-refractivity contribution < 1.29 is 20.1 Å². The van der Waals surface area contributed by atoms with E-state index >= 15 is 0 Å². The summed E-state index contributed by atoms with van der Waals surface area (Å²) in [5.74, 6) is -0.326. The Labute approximate surface area is 292 Å². The summed E-state index contributed by atoms with van der Waals surface area (Å²) in [6, 6.07) is -0.756. The minimum atomic E-state index is -0.947. The van der Waals surface area contributed by atoms with Crippen LogP contribution in [0.5, 0.6) is 0 Å². The SMILES string of the molecule is CCCCCCCCCCCCCCCCCC/C=C/CC/C=C/C(O)C(CO)NC(=O)CC(O)CCCCCCCCCCCC. The number of unbranched alkanes of at least 4 members (excludes halogenated alkanes) is 26. The lowest BCUT2D eigenvalue weighted by Crippen LogP contribution is -2.45. The number of aliphatic hydroxyl groups is 3. The average molecular weight is 664 g/mol. The molecule has 4 N–H and O–H groups in total. The van der Waals surface area contributed by atoms with Crippen LogP contribution in [0.15, 0.2) is 24.3 Å². The van der Waals surface area contributed by atoms with E-state index in [1.807, 2.05) is 6.08 Å². The highest BCUT2D eigenvalue weighted by molar-refractivity contribution is 5.76. The number of nitrogens with one attached hydrogen (secondary N) is 1. The zero-order chi connectivity index (χ0) is 34.5. The molecule has 278 valence electrons. The van der Waals surface area contributed by atoms with Crippen LogP contribution in [0.3, 0.4) is 0 Å². The molecule has 0 aliphatic carbocycles. The number of allylic oxidation sites excluding steroid dienone is 3. The Kier molecular flexibility index (Phi) is 36.7. The van der Waals surface area contributed by atoms with E-state index in [1.165, 1.54) is 154 Å². The Balaban J connectivity index is 3.69. The standard InChI is InChI=1S/C42H81NO4/c1-3-5-7-9-11-13-15-16-17-18-19-20-21-22-23-24-25-26-28-30-32-34-36-41(46)40(38-44)43-42(47)37-39(45)35-33-31-29-27-14-12-10-8-6-4-2/h26,28,34,36,39-41,44-46H,3-25,27,29-33,35,37-38H2,1-2H3,(H,43,47)/b28-26+,36-34+. The van der Waals surface area contributed by atoms with Crippen molar-refractivity contribution in [2.45, 2.75) is 231 Å². The first-order valence-corrected chi connectivity index (χ1v) is 20.6. The fourth-order valence-electron chi connectivity index (χ4n) is 6.30. The molecule has 0 spiro atoms. The van der Waals surface area contributed by atoms with Gasteiger partial charge in [-0.1, -0.05) is 199 Å². The molecule has 0 heterocycles. The Morgan fingerprint density at radius 1 is 0.532 bits per heavy atom. The molecule has 0 aromatic heterocycles. The lowest BCUT2D eigenvalue weighted by Gasteiger charge is -2.21. The number of amides is 1. The second-order valence-electron chi connectivity index (χ2n) is 14.2. The van der Waals surface area contributed by atoms with Gasteiger partial charge in [0.25, 0.3) is 0 Å². The maximum absolute atomic E-state index is 12.4. The summed E-state index contributed by atoms with van der Waals surface area (Å²) in [4.78, 5) is 12.4. The molecule has 0 aliphatic rings. The lowest BCUT2D eigenvalue weighted by atomic mass is 10.0. The second kappa shape index (κ2) is 37.6. The number of carbonyl (C=O) groups is 1. The zero-order valence-electron chi connectivity index (χ0n) is 31.4. The van der Waals surface area contributed by atoms with Crippen molar-refractivity contribution in [1.29, 1.82) is 0 Å². The van der Waals surface area contributed by atoms with Gasteiger partial charge in [-0.15, -0.1) is 0 Å². The molecule has 0 radical (unpaired) electrons. The molecule has 47 heavy (non-hydrogen) atoms. The van der Waals surface area contributed by atoms with E-state index in [0.717, 1.165) is 32.1 Å². The van der Waals surface area contributed by atoms with E-state index in [2.05, 4.69) is 31.3 Å². The maximum atomic E-state index is 12.4. The largest absolute Gasteiger partial charge is 0.394 e. The van der Waals surface area contributed by atoms with Crippen molar-refractivity contribution in [3.63, 3.8) is 0 Å². The highest BCUT2D eigenvalue weighted by atomic mass is 16.3. The third kappa shape index (κ3) is 34.5. The fraction of sp³-hybridized carbons (Fsp3) is 0.881. The molecule has 0 saturated heterocycles. The Bertz CT molecular complexity index is 694. The van der Waals surface area contributed by atoms with Gasteiger partial charge in [0.05, 0.1) is 31.3 Å². The molecule has 1 amide bonds. The third-order valence-corrected chi connectivity index (χ3v) is 9.49. The molecule has 3 atom stereocenters. The molecule has 0 rings (SSSR count). The van der Waals surface area contributed by atoms with Crippen LogP contribution in [0.2, 0.25) is 0 Å². The highest BCUT2D eigenvalue weighted by Crippen LogP contribution is 2.15. The maximum Gasteiger partial charge on any atom is 0.222 e. The van der Waals surface area contributed by atoms with E-state index < -0.39 is 18.2 Å². The average Bonchev–Trinajstić information content (AvgIpc) is 3.06. The van der Waals surface area contributed by atoms with E-state index in [0.29, 0.717) is 6.42 Å². The molecule has 0 bridgehead atoms. The van der Waals surface area contributed by atoms with Crippen LogP contribution in [-0.2, 0) is 4.79 Å². The van der Waals surface area contributed by atoms with E-state index in [4.69, 9.17) is 0 Å². The van der Waals surface area contributed by atoms with Gasteiger partial charge in [0.2, 0.25) is 5.91 Å². The summed E-state index contributed by atoms with van der Waals surface area (Å²) in [5, 5.41) is 33.0. The number of carbonyl (C=O) groups excluding carboxylic acids is 1. The molecule has 5 nitrogen and oxygen atoms in total. The van der Waals surface area contributed by atoms with Gasteiger partial charge in [0.15, 0.2) is 0 Å². The second-order valence-corrected chi connectivity index (χ2v) is 14.2. The Morgan fingerprint density at radius 3 is 1.36 bits per heavy atom. The van der Waals surface area contributed by atoms with Crippen molar-refractivity contribution in [1.82, 2.24) is 5.32 Å². The predicted molar refractivity (Wildman–Crippen MR) is 204 cm³/mol. The molecule has 5 heteroatoms. The van der Waals surface area contributed by atoms with Crippen LogP contribution in [0.25, 0.3) is 0 Å². The summed E-state index contributed by atoms with van der Waals surface area (Å²) in [6.45, 7) is 4.19. The first kappa shape index (κ1) is 45.8. The summed E-state index contributed by atoms with van der Waals surface area (Å²) in [5.41, 5.74) is 0. The summed E-state index contributed by atoms with van der Waals surface area (Å²) in [6.07, 6.45) is 44.7. The third-order valence-electron chi connectivity index (χ3n) is 9.49. The first-order valence-electron chi connectivity index (χ1n) is 20.6. The van der Waals surface area contributed by atoms with Crippen LogP contribution in [-0.4, -0.2) is 46.1 Å². The molecule has 0 aromatic rings. The van der Waals surface area contributed by atoms with Gasteiger partial charge >= 0.3 is 0 Å². The Hall–Kier alpha value is -1.17.